The van der Waals surface area contributed by atoms with E-state index in [4.69, 9.17) is 18.1 Å². The van der Waals surface area contributed by atoms with E-state index in [2.05, 4.69) is 9.97 Å². The summed E-state index contributed by atoms with van der Waals surface area (Å²) >= 11 is 0. The van der Waals surface area contributed by atoms with Gasteiger partial charge in [0.2, 0.25) is 0 Å². The van der Waals surface area contributed by atoms with Crippen molar-refractivity contribution in [1.29, 1.82) is 0 Å². The van der Waals surface area contributed by atoms with E-state index in [1.807, 2.05) is 0 Å². The lowest BCUT2D eigenvalue weighted by Crippen LogP contribution is -2.27. The Bertz CT molecular complexity index is 878. The Hall–Kier alpha value is -1.08. The van der Waals surface area contributed by atoms with Gasteiger partial charge in [0.05, 0.1) is 48.0 Å². The second-order valence-corrected chi connectivity index (χ2v) is 13.1. The van der Waals surface area contributed by atoms with Crippen LogP contribution in [0.15, 0.2) is 24.8 Å². The SMILES string of the molecule is CC(C)OP(=O)(OC(C)C)C(Cn1cnc2ccncc21)P(=O)(OC(C)C)OC(C)C. The molecule has 0 bridgehead atoms. The van der Waals surface area contributed by atoms with Gasteiger partial charge in [-0.2, -0.15) is 0 Å². The van der Waals surface area contributed by atoms with Crippen LogP contribution in [-0.2, 0) is 33.8 Å². The predicted octanol–water partition coefficient (Wildman–Crippen LogP) is 5.84. The molecule has 31 heavy (non-hydrogen) atoms. The van der Waals surface area contributed by atoms with Crippen LogP contribution in [0.25, 0.3) is 11.0 Å². The van der Waals surface area contributed by atoms with Crippen LogP contribution >= 0.6 is 15.2 Å². The van der Waals surface area contributed by atoms with E-state index in [0.29, 0.717) is 11.0 Å². The molecule has 0 radical (unpaired) electrons. The fourth-order valence-corrected chi connectivity index (χ4v) is 8.91. The molecule has 0 spiro atoms. The Morgan fingerprint density at radius 3 is 1.71 bits per heavy atom. The molecule has 176 valence electrons. The lowest BCUT2D eigenvalue weighted by molar-refractivity contribution is 0.121. The van der Waals surface area contributed by atoms with E-state index in [1.54, 1.807) is 84.7 Å². The minimum Gasteiger partial charge on any atom is -0.328 e. The third kappa shape index (κ3) is 6.95. The Balaban J connectivity index is 2.65. The number of pyridine rings is 1. The van der Waals surface area contributed by atoms with E-state index in [-0.39, 0.29) is 6.54 Å². The number of nitrogens with zero attached hydrogens (tertiary/aromatic N) is 3. The number of fused-ring (bicyclic) bond motifs is 1. The molecule has 0 saturated heterocycles. The third-order valence-corrected chi connectivity index (χ3v) is 10.3. The highest BCUT2D eigenvalue weighted by molar-refractivity contribution is 7.72. The summed E-state index contributed by atoms with van der Waals surface area (Å²) in [5.74, 6) is 0. The minimum atomic E-state index is -3.98. The van der Waals surface area contributed by atoms with E-state index in [9.17, 15) is 9.13 Å². The van der Waals surface area contributed by atoms with Gasteiger partial charge in [-0.25, -0.2) is 4.98 Å². The van der Waals surface area contributed by atoms with Gasteiger partial charge in [0, 0.05) is 12.7 Å². The maximum atomic E-state index is 14.2. The summed E-state index contributed by atoms with van der Waals surface area (Å²) in [4.78, 5) is 8.51. The predicted molar refractivity (Wildman–Crippen MR) is 121 cm³/mol. The quantitative estimate of drug-likeness (QED) is 0.353. The van der Waals surface area contributed by atoms with Crippen LogP contribution < -0.4 is 0 Å². The van der Waals surface area contributed by atoms with Gasteiger partial charge in [0.15, 0.2) is 5.40 Å². The molecule has 2 aromatic heterocycles. The van der Waals surface area contributed by atoms with Crippen molar-refractivity contribution in [2.45, 2.75) is 91.8 Å². The summed E-state index contributed by atoms with van der Waals surface area (Å²) in [6.07, 6.45) is 3.15. The van der Waals surface area contributed by atoms with Gasteiger partial charge in [-0.3, -0.25) is 14.1 Å². The van der Waals surface area contributed by atoms with Crippen molar-refractivity contribution in [2.75, 3.05) is 0 Å². The van der Waals surface area contributed by atoms with E-state index >= 15 is 0 Å². The maximum absolute atomic E-state index is 14.2. The first kappa shape index (κ1) is 26.2. The van der Waals surface area contributed by atoms with Gasteiger partial charge < -0.3 is 22.7 Å². The summed E-state index contributed by atoms with van der Waals surface area (Å²) in [5.41, 5.74) is 1.41. The average Bonchev–Trinajstić information content (AvgIpc) is 2.99. The average molecular weight is 475 g/mol. The van der Waals surface area contributed by atoms with Crippen molar-refractivity contribution in [3.63, 3.8) is 0 Å². The van der Waals surface area contributed by atoms with Crippen LogP contribution in [0.4, 0.5) is 0 Å². The number of imidazole rings is 1. The van der Waals surface area contributed by atoms with Crippen LogP contribution in [0.5, 0.6) is 0 Å². The molecule has 2 heterocycles. The highest BCUT2D eigenvalue weighted by atomic mass is 31.2. The number of rotatable bonds is 12. The fourth-order valence-electron chi connectivity index (χ4n) is 3.10. The molecule has 2 rings (SSSR count). The zero-order chi connectivity index (χ0) is 23.4. The molecular formula is C20H35N3O6P2. The second-order valence-electron chi connectivity index (χ2n) is 8.44. The molecule has 0 aliphatic carbocycles. The van der Waals surface area contributed by atoms with Crippen LogP contribution in [0.1, 0.15) is 55.4 Å². The first-order chi connectivity index (χ1) is 14.4. The lowest BCUT2D eigenvalue weighted by Gasteiger charge is -2.35. The van der Waals surface area contributed by atoms with E-state index in [0.717, 1.165) is 0 Å². The van der Waals surface area contributed by atoms with E-state index < -0.39 is 45.0 Å². The molecule has 0 aliphatic rings. The smallest absolute Gasteiger partial charge is 0.328 e. The molecule has 0 N–H and O–H groups in total. The molecule has 0 aliphatic heterocycles. The standard InChI is InChI=1S/C20H35N3O6P2/c1-14(2)26-30(24,27-15(3)4)20(31(25,28-16(5)6)29-17(7)8)12-23-13-22-18-9-10-21-11-19(18)23/h9-11,13-17,20H,12H2,1-8H3. The molecule has 0 saturated carbocycles. The van der Waals surface area contributed by atoms with Crippen molar-refractivity contribution in [3.05, 3.63) is 24.8 Å². The van der Waals surface area contributed by atoms with Crippen molar-refractivity contribution in [3.8, 4) is 0 Å². The zero-order valence-corrected chi connectivity index (χ0v) is 21.4. The van der Waals surface area contributed by atoms with Gasteiger partial charge in [-0.05, 0) is 61.5 Å². The summed E-state index contributed by atoms with van der Waals surface area (Å²) < 4.78 is 53.4. The Kier molecular flexibility index (Phi) is 9.03. The highest BCUT2D eigenvalue weighted by Gasteiger charge is 2.53. The summed E-state index contributed by atoms with van der Waals surface area (Å²) in [5, 5.41) is -1.20. The normalized spacial score (nSPS) is 13.6. The van der Waals surface area contributed by atoms with Gasteiger partial charge in [-0.15, -0.1) is 0 Å². The number of hydrogen-bond donors (Lipinski definition) is 0. The summed E-state index contributed by atoms with van der Waals surface area (Å²) in [6, 6.07) is 1.77. The van der Waals surface area contributed by atoms with Gasteiger partial charge in [0.25, 0.3) is 0 Å². The molecule has 0 fully saturated rings. The topological polar surface area (TPSA) is 102 Å². The lowest BCUT2D eigenvalue weighted by atomic mass is 10.4. The Morgan fingerprint density at radius 2 is 1.29 bits per heavy atom. The fraction of sp³-hybridized carbons (Fsp3) is 0.700. The largest absolute Gasteiger partial charge is 0.348 e. The monoisotopic (exact) mass is 475 g/mol. The number of hydrogen-bond acceptors (Lipinski definition) is 8. The van der Waals surface area contributed by atoms with Gasteiger partial charge in [-0.1, -0.05) is 0 Å². The zero-order valence-electron chi connectivity index (χ0n) is 19.6. The Morgan fingerprint density at radius 1 is 0.839 bits per heavy atom. The van der Waals surface area contributed by atoms with Crippen LogP contribution in [0.2, 0.25) is 0 Å². The Labute approximate surface area is 184 Å². The molecule has 2 aromatic rings. The number of aromatic nitrogens is 3. The van der Waals surface area contributed by atoms with Crippen LogP contribution in [0, 0.1) is 0 Å². The van der Waals surface area contributed by atoms with Crippen molar-refractivity contribution >= 4 is 26.2 Å². The van der Waals surface area contributed by atoms with Crippen molar-refractivity contribution < 1.29 is 27.2 Å². The molecule has 0 amide bonds. The molecule has 11 heteroatoms. The van der Waals surface area contributed by atoms with Gasteiger partial charge >= 0.3 is 15.2 Å². The third-order valence-electron chi connectivity index (χ3n) is 3.94. The van der Waals surface area contributed by atoms with E-state index in [1.165, 1.54) is 0 Å². The maximum Gasteiger partial charge on any atom is 0.348 e. The van der Waals surface area contributed by atoms with Crippen molar-refractivity contribution in [2.24, 2.45) is 0 Å². The highest BCUT2D eigenvalue weighted by Crippen LogP contribution is 2.72. The van der Waals surface area contributed by atoms with Crippen LogP contribution in [-0.4, -0.2) is 44.4 Å². The first-order valence-corrected chi connectivity index (χ1v) is 13.8. The second kappa shape index (κ2) is 10.7. The minimum absolute atomic E-state index is 0.00434. The van der Waals surface area contributed by atoms with Crippen molar-refractivity contribution in [1.82, 2.24) is 14.5 Å². The van der Waals surface area contributed by atoms with Crippen LogP contribution in [0.3, 0.4) is 0 Å². The molecule has 9 nitrogen and oxygen atoms in total. The van der Waals surface area contributed by atoms with Gasteiger partial charge in [0.1, 0.15) is 0 Å². The first-order valence-electron chi connectivity index (χ1n) is 10.5. The molecular weight excluding hydrogens is 440 g/mol. The summed E-state index contributed by atoms with van der Waals surface area (Å²) in [6.45, 7) is 14.0. The molecule has 0 unspecified atom stereocenters. The summed E-state index contributed by atoms with van der Waals surface area (Å²) in [7, 11) is -7.95. The molecule has 0 aromatic carbocycles. The molecule has 0 atom stereocenters.